The lowest BCUT2D eigenvalue weighted by atomic mass is 10.1. The number of carbonyl (C=O) groups is 1. The third kappa shape index (κ3) is 3.19. The molecule has 0 spiro atoms. The molecule has 2 nitrogen and oxygen atoms in total. The molecule has 92 valence electrons. The van der Waals surface area contributed by atoms with Gasteiger partial charge in [-0.15, -0.1) is 0 Å². The SMILES string of the molecule is O=C(NCC1CCCC1)c1ccc(F)c(Cl)c1. The predicted molar refractivity (Wildman–Crippen MR) is 65.7 cm³/mol. The van der Waals surface area contributed by atoms with Crippen LogP contribution in [-0.2, 0) is 0 Å². The van der Waals surface area contributed by atoms with Gasteiger partial charge in [0, 0.05) is 12.1 Å². The number of hydrogen-bond acceptors (Lipinski definition) is 1. The van der Waals surface area contributed by atoms with Crippen LogP contribution in [0.15, 0.2) is 18.2 Å². The lowest BCUT2D eigenvalue weighted by Gasteiger charge is -2.10. The topological polar surface area (TPSA) is 29.1 Å². The fourth-order valence-corrected chi connectivity index (χ4v) is 2.37. The van der Waals surface area contributed by atoms with Gasteiger partial charge in [-0.05, 0) is 37.0 Å². The monoisotopic (exact) mass is 255 g/mol. The molecular weight excluding hydrogens is 241 g/mol. The Kier molecular flexibility index (Phi) is 4.00. The van der Waals surface area contributed by atoms with E-state index >= 15 is 0 Å². The minimum absolute atomic E-state index is 0.0153. The van der Waals surface area contributed by atoms with Crippen LogP contribution in [0.1, 0.15) is 36.0 Å². The molecule has 1 aliphatic carbocycles. The van der Waals surface area contributed by atoms with Gasteiger partial charge >= 0.3 is 0 Å². The van der Waals surface area contributed by atoms with Crippen LogP contribution in [0.5, 0.6) is 0 Å². The molecular formula is C13H15ClFNO. The second-order valence-corrected chi connectivity index (χ2v) is 4.90. The van der Waals surface area contributed by atoms with Gasteiger partial charge in [-0.25, -0.2) is 4.39 Å². The van der Waals surface area contributed by atoms with E-state index in [0.29, 0.717) is 18.0 Å². The van der Waals surface area contributed by atoms with Crippen molar-refractivity contribution >= 4 is 17.5 Å². The van der Waals surface area contributed by atoms with Crippen molar-refractivity contribution in [2.24, 2.45) is 5.92 Å². The first kappa shape index (κ1) is 12.4. The summed E-state index contributed by atoms with van der Waals surface area (Å²) in [6.07, 6.45) is 4.88. The van der Waals surface area contributed by atoms with E-state index in [9.17, 15) is 9.18 Å². The summed E-state index contributed by atoms with van der Waals surface area (Å²) in [4.78, 5) is 11.8. The third-order valence-corrected chi connectivity index (χ3v) is 3.50. The minimum Gasteiger partial charge on any atom is -0.352 e. The lowest BCUT2D eigenvalue weighted by Crippen LogP contribution is -2.28. The van der Waals surface area contributed by atoms with E-state index in [1.54, 1.807) is 0 Å². The molecule has 0 unspecified atom stereocenters. The molecule has 1 aromatic rings. The Hall–Kier alpha value is -1.09. The molecule has 4 heteroatoms. The Morgan fingerprint density at radius 3 is 2.76 bits per heavy atom. The molecule has 0 atom stereocenters. The standard InChI is InChI=1S/C13H15ClFNO/c14-11-7-10(5-6-12(11)15)13(17)16-8-9-3-1-2-4-9/h5-7,9H,1-4,8H2,(H,16,17). The van der Waals surface area contributed by atoms with E-state index in [4.69, 9.17) is 11.6 Å². The molecule has 0 aromatic heterocycles. The number of halogens is 2. The summed E-state index contributed by atoms with van der Waals surface area (Å²) in [5.41, 5.74) is 0.411. The van der Waals surface area contributed by atoms with Crippen molar-refractivity contribution in [2.75, 3.05) is 6.54 Å². The van der Waals surface area contributed by atoms with Crippen molar-refractivity contribution in [1.29, 1.82) is 0 Å². The van der Waals surface area contributed by atoms with Crippen molar-refractivity contribution in [3.63, 3.8) is 0 Å². The normalized spacial score (nSPS) is 16.1. The van der Waals surface area contributed by atoms with Gasteiger partial charge in [0.05, 0.1) is 5.02 Å². The lowest BCUT2D eigenvalue weighted by molar-refractivity contribution is 0.0947. The molecule has 0 radical (unpaired) electrons. The number of nitrogens with one attached hydrogen (secondary N) is 1. The average Bonchev–Trinajstić information content (AvgIpc) is 2.82. The van der Waals surface area contributed by atoms with Crippen molar-refractivity contribution in [3.8, 4) is 0 Å². The maximum atomic E-state index is 12.9. The van der Waals surface area contributed by atoms with Crippen LogP contribution in [-0.4, -0.2) is 12.5 Å². The van der Waals surface area contributed by atoms with Crippen molar-refractivity contribution in [1.82, 2.24) is 5.32 Å². The van der Waals surface area contributed by atoms with Crippen LogP contribution in [0.25, 0.3) is 0 Å². The molecule has 0 saturated heterocycles. The number of carbonyl (C=O) groups excluding carboxylic acids is 1. The smallest absolute Gasteiger partial charge is 0.251 e. The highest BCUT2D eigenvalue weighted by Gasteiger charge is 2.16. The van der Waals surface area contributed by atoms with Gasteiger partial charge in [-0.3, -0.25) is 4.79 Å². The van der Waals surface area contributed by atoms with Crippen LogP contribution in [0, 0.1) is 11.7 Å². The Morgan fingerprint density at radius 1 is 1.41 bits per heavy atom. The van der Waals surface area contributed by atoms with Crippen LogP contribution < -0.4 is 5.32 Å². The van der Waals surface area contributed by atoms with Gasteiger partial charge in [0.2, 0.25) is 0 Å². The molecule has 1 amide bonds. The summed E-state index contributed by atoms with van der Waals surface area (Å²) in [6.45, 7) is 0.702. The van der Waals surface area contributed by atoms with Gasteiger partial charge in [0.15, 0.2) is 0 Å². The van der Waals surface area contributed by atoms with Gasteiger partial charge in [0.1, 0.15) is 5.82 Å². The summed E-state index contributed by atoms with van der Waals surface area (Å²) < 4.78 is 12.9. The zero-order valence-electron chi connectivity index (χ0n) is 9.51. The van der Waals surface area contributed by atoms with E-state index in [1.807, 2.05) is 0 Å². The Morgan fingerprint density at radius 2 is 2.12 bits per heavy atom. The largest absolute Gasteiger partial charge is 0.352 e. The van der Waals surface area contributed by atoms with Gasteiger partial charge in [-0.2, -0.15) is 0 Å². The van der Waals surface area contributed by atoms with Gasteiger partial charge in [-0.1, -0.05) is 24.4 Å². The summed E-state index contributed by atoms with van der Waals surface area (Å²) in [5, 5.41) is 2.85. The van der Waals surface area contributed by atoms with Gasteiger partial charge < -0.3 is 5.32 Å². The highest BCUT2D eigenvalue weighted by Crippen LogP contribution is 2.24. The quantitative estimate of drug-likeness (QED) is 0.881. The molecule has 0 bridgehead atoms. The number of rotatable bonds is 3. The van der Waals surface area contributed by atoms with E-state index in [-0.39, 0.29) is 10.9 Å². The molecule has 2 rings (SSSR count). The Labute approximate surface area is 105 Å². The van der Waals surface area contributed by atoms with E-state index in [1.165, 1.54) is 43.9 Å². The predicted octanol–water partition coefficient (Wildman–Crippen LogP) is 3.40. The van der Waals surface area contributed by atoms with Crippen molar-refractivity contribution < 1.29 is 9.18 Å². The number of hydrogen-bond donors (Lipinski definition) is 1. The van der Waals surface area contributed by atoms with E-state index in [0.717, 1.165) is 0 Å². The first-order valence-corrected chi connectivity index (χ1v) is 6.28. The Bertz CT molecular complexity index is 416. The van der Waals surface area contributed by atoms with Crippen LogP contribution in [0.4, 0.5) is 4.39 Å². The zero-order valence-corrected chi connectivity index (χ0v) is 10.3. The first-order valence-electron chi connectivity index (χ1n) is 5.90. The van der Waals surface area contributed by atoms with Crippen LogP contribution >= 0.6 is 11.6 Å². The van der Waals surface area contributed by atoms with Crippen molar-refractivity contribution in [2.45, 2.75) is 25.7 Å². The number of benzene rings is 1. The second kappa shape index (κ2) is 5.50. The number of amides is 1. The zero-order chi connectivity index (χ0) is 12.3. The summed E-state index contributed by atoms with van der Waals surface area (Å²) in [7, 11) is 0. The van der Waals surface area contributed by atoms with Crippen LogP contribution in [0.2, 0.25) is 5.02 Å². The highest BCUT2D eigenvalue weighted by atomic mass is 35.5. The molecule has 17 heavy (non-hydrogen) atoms. The van der Waals surface area contributed by atoms with Crippen LogP contribution in [0.3, 0.4) is 0 Å². The molecule has 1 N–H and O–H groups in total. The van der Waals surface area contributed by atoms with E-state index < -0.39 is 5.82 Å². The Balaban J connectivity index is 1.92. The molecule has 1 fully saturated rings. The molecule has 0 heterocycles. The summed E-state index contributed by atoms with van der Waals surface area (Å²) >= 11 is 5.63. The third-order valence-electron chi connectivity index (χ3n) is 3.21. The highest BCUT2D eigenvalue weighted by molar-refractivity contribution is 6.31. The fraction of sp³-hybridized carbons (Fsp3) is 0.462. The molecule has 1 aliphatic rings. The van der Waals surface area contributed by atoms with Gasteiger partial charge in [0.25, 0.3) is 5.91 Å². The fourth-order valence-electron chi connectivity index (χ4n) is 2.19. The summed E-state index contributed by atoms with van der Waals surface area (Å²) in [5.74, 6) is -0.0901. The average molecular weight is 256 g/mol. The van der Waals surface area contributed by atoms with E-state index in [2.05, 4.69) is 5.32 Å². The maximum Gasteiger partial charge on any atom is 0.251 e. The second-order valence-electron chi connectivity index (χ2n) is 4.49. The first-order chi connectivity index (χ1) is 8.16. The molecule has 1 aromatic carbocycles. The molecule has 1 saturated carbocycles. The summed E-state index contributed by atoms with van der Waals surface area (Å²) in [6, 6.07) is 4.03. The van der Waals surface area contributed by atoms with Crippen molar-refractivity contribution in [3.05, 3.63) is 34.6 Å². The molecule has 0 aliphatic heterocycles. The maximum absolute atomic E-state index is 12.9. The minimum atomic E-state index is -0.501.